The molecule has 3 rings (SSSR count). The molecule has 0 unspecified atom stereocenters. The predicted molar refractivity (Wildman–Crippen MR) is 57.2 cm³/mol. The first-order valence-corrected chi connectivity index (χ1v) is 4.50. The average molecular weight is 249 g/mol. The van der Waals surface area contributed by atoms with Gasteiger partial charge in [0.2, 0.25) is 0 Å². The Morgan fingerprint density at radius 1 is 1.38 bits per heavy atom. The summed E-state index contributed by atoms with van der Waals surface area (Å²) in [7, 11) is 0. The summed E-state index contributed by atoms with van der Waals surface area (Å²) in [5.41, 5.74) is 1.94. The van der Waals surface area contributed by atoms with Gasteiger partial charge in [-0.2, -0.15) is 0 Å². The summed E-state index contributed by atoms with van der Waals surface area (Å²) in [5.74, 6) is 0. The van der Waals surface area contributed by atoms with Crippen LogP contribution in [0.25, 0.3) is 10.8 Å². The molecule has 0 spiro atoms. The van der Waals surface area contributed by atoms with Crippen LogP contribution in [0.1, 0.15) is 5.69 Å². The number of anilines is 1. The number of nitrogens with one attached hydrogen (secondary N) is 2. The van der Waals surface area contributed by atoms with Gasteiger partial charge in [-0.3, -0.25) is 4.79 Å². The molecule has 1 aliphatic rings. The second-order valence-corrected chi connectivity index (χ2v) is 3.36. The topological polar surface area (TPSA) is 57.8 Å². The van der Waals surface area contributed by atoms with Crippen LogP contribution in [0, 0.1) is 13.0 Å². The van der Waals surface area contributed by atoms with Crippen molar-refractivity contribution >= 4 is 16.5 Å². The van der Waals surface area contributed by atoms with Gasteiger partial charge in [-0.25, -0.2) is 10.2 Å². The Hall–Kier alpha value is -1.70. The second-order valence-electron chi connectivity index (χ2n) is 3.36. The van der Waals surface area contributed by atoms with E-state index in [2.05, 4.69) is 28.5 Å². The van der Waals surface area contributed by atoms with E-state index < -0.39 is 0 Å². The van der Waals surface area contributed by atoms with Crippen LogP contribution in [0.3, 0.4) is 0 Å². The Morgan fingerprint density at radius 3 is 3.00 bits per heavy atom. The van der Waals surface area contributed by atoms with E-state index >= 15 is 0 Å². The zero-order valence-electron chi connectivity index (χ0n) is 8.20. The summed E-state index contributed by atoms with van der Waals surface area (Å²) in [6.45, 7) is 3.77. The summed E-state index contributed by atoms with van der Waals surface area (Å²) in [5, 5.41) is 10.8. The fourth-order valence-corrected chi connectivity index (χ4v) is 1.75. The molecule has 16 heavy (non-hydrogen) atoms. The van der Waals surface area contributed by atoms with Gasteiger partial charge in [0.15, 0.2) is 0 Å². The SMILES string of the molecule is [CH2-]C1=[C-]c2n[nH]c(=O)c3cccc(c23)N1.[Cr+2]. The fourth-order valence-electron chi connectivity index (χ4n) is 1.75. The quantitative estimate of drug-likeness (QED) is 0.690. The van der Waals surface area contributed by atoms with Gasteiger partial charge in [-0.05, 0) is 12.1 Å². The number of benzene rings is 1. The minimum atomic E-state index is -0.188. The average Bonchev–Trinajstić information content (AvgIpc) is 2.23. The van der Waals surface area contributed by atoms with Crippen LogP contribution in [0.2, 0.25) is 0 Å². The molecule has 5 heteroatoms. The molecule has 1 aromatic heterocycles. The maximum Gasteiger partial charge on any atom is 2.00 e. The third kappa shape index (κ3) is 1.42. The molecule has 2 aromatic rings. The Kier molecular flexibility index (Phi) is 2.50. The van der Waals surface area contributed by atoms with E-state index in [0.717, 1.165) is 11.1 Å². The Labute approximate surface area is 103 Å². The largest absolute Gasteiger partial charge is 2.00 e. The first-order valence-electron chi connectivity index (χ1n) is 4.50. The molecule has 0 saturated carbocycles. The first kappa shape index (κ1) is 10.8. The number of allylic oxidation sites excluding steroid dienone is 1. The third-order valence-electron chi connectivity index (χ3n) is 2.37. The maximum absolute atomic E-state index is 11.5. The first-order chi connectivity index (χ1) is 7.25. The van der Waals surface area contributed by atoms with Crippen LogP contribution in [0.4, 0.5) is 5.69 Å². The van der Waals surface area contributed by atoms with Crippen LogP contribution >= 0.6 is 0 Å². The van der Waals surface area contributed by atoms with E-state index in [1.54, 1.807) is 6.07 Å². The molecule has 2 N–H and O–H groups in total. The van der Waals surface area contributed by atoms with Crippen molar-refractivity contribution in [1.29, 1.82) is 0 Å². The van der Waals surface area contributed by atoms with Crippen molar-refractivity contribution in [3.05, 3.63) is 52.9 Å². The number of hydrogen-bond donors (Lipinski definition) is 2. The van der Waals surface area contributed by atoms with Crippen LogP contribution in [-0.4, -0.2) is 10.2 Å². The number of hydrogen-bond acceptors (Lipinski definition) is 3. The molecule has 0 aliphatic carbocycles. The monoisotopic (exact) mass is 249 g/mol. The van der Waals surface area contributed by atoms with E-state index in [1.807, 2.05) is 12.1 Å². The predicted octanol–water partition coefficient (Wildman–Crippen LogP) is 1.22. The van der Waals surface area contributed by atoms with Crippen LogP contribution in [-0.2, 0) is 17.4 Å². The number of aromatic amines is 1. The standard InChI is InChI=1S/C11H7N3O.Cr/c1-6-5-9-10-7(11(15)14-13-9)3-2-4-8(10)12-6;/h2-4,12H,1H2,(H,14,15);/q-2;+2. The Morgan fingerprint density at radius 2 is 2.19 bits per heavy atom. The zero-order valence-corrected chi connectivity index (χ0v) is 9.48. The molecule has 0 saturated heterocycles. The van der Waals surface area contributed by atoms with Crippen LogP contribution in [0.5, 0.6) is 0 Å². The summed E-state index contributed by atoms with van der Waals surface area (Å²) in [6.07, 6.45) is 2.96. The maximum atomic E-state index is 11.5. The van der Waals surface area contributed by atoms with Crippen molar-refractivity contribution in [2.75, 3.05) is 5.32 Å². The minimum absolute atomic E-state index is 0. The summed E-state index contributed by atoms with van der Waals surface area (Å²) in [6, 6.07) is 5.47. The normalized spacial score (nSPS) is 12.6. The van der Waals surface area contributed by atoms with Crippen molar-refractivity contribution in [1.82, 2.24) is 10.2 Å². The molecule has 2 heterocycles. The number of rotatable bonds is 0. The van der Waals surface area contributed by atoms with E-state index in [0.29, 0.717) is 16.8 Å². The summed E-state index contributed by atoms with van der Waals surface area (Å²) < 4.78 is 0. The van der Waals surface area contributed by atoms with Crippen LogP contribution < -0.4 is 10.9 Å². The van der Waals surface area contributed by atoms with Crippen LogP contribution in [0.15, 0.2) is 28.7 Å². The summed E-state index contributed by atoms with van der Waals surface area (Å²) >= 11 is 0. The van der Waals surface area contributed by atoms with Gasteiger partial charge in [0.25, 0.3) is 5.56 Å². The van der Waals surface area contributed by atoms with Crippen molar-refractivity contribution < 1.29 is 17.4 Å². The number of aromatic nitrogens is 2. The molecule has 0 fully saturated rings. The van der Waals surface area contributed by atoms with Crippen molar-refractivity contribution in [2.45, 2.75) is 0 Å². The van der Waals surface area contributed by atoms with E-state index in [1.165, 1.54) is 0 Å². The van der Waals surface area contributed by atoms with Gasteiger partial charge in [0, 0.05) is 16.5 Å². The molecule has 4 nitrogen and oxygen atoms in total. The van der Waals surface area contributed by atoms with Gasteiger partial charge in [-0.15, -0.1) is 0 Å². The number of nitrogens with zero attached hydrogens (tertiary/aromatic N) is 1. The third-order valence-corrected chi connectivity index (χ3v) is 2.37. The Bertz CT molecular complexity index is 645. The van der Waals surface area contributed by atoms with Gasteiger partial charge < -0.3 is 24.0 Å². The molecule has 0 amide bonds. The minimum Gasteiger partial charge on any atom is -0.454 e. The van der Waals surface area contributed by atoms with E-state index in [4.69, 9.17) is 0 Å². The van der Waals surface area contributed by atoms with Crippen molar-refractivity contribution in [2.24, 2.45) is 0 Å². The number of H-pyrrole nitrogens is 1. The molecule has 0 radical (unpaired) electrons. The van der Waals surface area contributed by atoms with Crippen molar-refractivity contribution in [3.63, 3.8) is 0 Å². The molecule has 0 atom stereocenters. The molecule has 1 aliphatic heterocycles. The summed E-state index contributed by atoms with van der Waals surface area (Å²) in [4.78, 5) is 11.5. The molecule has 78 valence electrons. The molecular weight excluding hydrogens is 242 g/mol. The van der Waals surface area contributed by atoms with Gasteiger partial charge in [-0.1, -0.05) is 11.8 Å². The fraction of sp³-hybridized carbons (Fsp3) is 0. The van der Waals surface area contributed by atoms with Gasteiger partial charge >= 0.3 is 17.4 Å². The molecule has 1 aromatic carbocycles. The van der Waals surface area contributed by atoms with Gasteiger partial charge in [0.05, 0.1) is 0 Å². The van der Waals surface area contributed by atoms with Crippen molar-refractivity contribution in [3.8, 4) is 0 Å². The molecule has 0 bridgehead atoms. The smallest absolute Gasteiger partial charge is 0.454 e. The molecular formula is C11H7CrN3O. The Balaban J connectivity index is 0.000000963. The van der Waals surface area contributed by atoms with E-state index in [-0.39, 0.29) is 22.9 Å². The van der Waals surface area contributed by atoms with Gasteiger partial charge in [0.1, 0.15) is 0 Å². The second kappa shape index (κ2) is 3.71. The zero-order chi connectivity index (χ0) is 10.4. The van der Waals surface area contributed by atoms with E-state index in [9.17, 15) is 4.79 Å².